The van der Waals surface area contributed by atoms with Gasteiger partial charge in [-0.05, 0) is 78.5 Å². The fraction of sp³-hybridized carbons (Fsp3) is 0.781. The summed E-state index contributed by atoms with van der Waals surface area (Å²) in [7, 11) is -2.10. The molecule has 2 saturated carbocycles. The molecule has 0 heterocycles. The first-order valence-corrected chi connectivity index (χ1v) is 17.4. The van der Waals surface area contributed by atoms with Crippen LogP contribution in [0.4, 0.5) is 0 Å². The second kappa shape index (κ2) is 10.6. The third-order valence-electron chi connectivity index (χ3n) is 10.2. The molecule has 204 valence electrons. The molecule has 0 amide bonds. The Morgan fingerprint density at radius 3 is 2.22 bits per heavy atom. The maximum atomic E-state index is 14.0. The molecule has 0 aromatic heterocycles. The smallest absolute Gasteiger partial charge is 0.312 e. The van der Waals surface area contributed by atoms with Crippen molar-refractivity contribution in [2.45, 2.75) is 124 Å². The summed E-state index contributed by atoms with van der Waals surface area (Å²) in [6, 6.07) is 10.8. The monoisotopic (exact) mass is 514 g/mol. The summed E-state index contributed by atoms with van der Waals surface area (Å²) in [4.78, 5) is 14.0. The van der Waals surface area contributed by atoms with Crippen molar-refractivity contribution >= 4 is 14.3 Å². The molecule has 2 fully saturated rings. The van der Waals surface area contributed by atoms with E-state index in [1.807, 2.05) is 0 Å². The SMILES string of the molecule is CC(Cc1ccccc1)[C@@H]1CC[C@@H](C)C[C@H]1OC(=O)[C@@H]1CC(C)(C)[C@]1(O[Si](C)(C)C(C)(C)C)C(C)C. The van der Waals surface area contributed by atoms with Gasteiger partial charge in [-0.2, -0.15) is 0 Å². The fourth-order valence-corrected chi connectivity index (χ4v) is 8.82. The number of ether oxygens (including phenoxy) is 1. The summed E-state index contributed by atoms with van der Waals surface area (Å²) in [6.07, 6.45) is 5.21. The van der Waals surface area contributed by atoms with Gasteiger partial charge in [-0.25, -0.2) is 0 Å². The second-order valence-corrected chi connectivity index (χ2v) is 19.4. The van der Waals surface area contributed by atoms with E-state index in [1.165, 1.54) is 12.0 Å². The third kappa shape index (κ3) is 5.65. The number of carbonyl (C=O) groups excluding carboxylic acids is 1. The van der Waals surface area contributed by atoms with Crippen LogP contribution < -0.4 is 0 Å². The van der Waals surface area contributed by atoms with Crippen LogP contribution in [0.3, 0.4) is 0 Å². The average molecular weight is 515 g/mol. The highest BCUT2D eigenvalue weighted by atomic mass is 28.4. The van der Waals surface area contributed by atoms with Crippen LogP contribution in [0.25, 0.3) is 0 Å². The third-order valence-corrected chi connectivity index (χ3v) is 14.6. The van der Waals surface area contributed by atoms with Crippen LogP contribution in [0.5, 0.6) is 0 Å². The van der Waals surface area contributed by atoms with E-state index in [4.69, 9.17) is 9.16 Å². The topological polar surface area (TPSA) is 35.5 Å². The van der Waals surface area contributed by atoms with E-state index in [9.17, 15) is 4.79 Å². The predicted octanol–water partition coefficient (Wildman–Crippen LogP) is 8.68. The average Bonchev–Trinajstić information content (AvgIpc) is 2.75. The molecule has 1 aromatic rings. The Kier molecular flexibility index (Phi) is 8.63. The first-order chi connectivity index (χ1) is 16.5. The molecule has 0 spiro atoms. The summed E-state index contributed by atoms with van der Waals surface area (Å²) in [6.45, 7) is 25.2. The molecule has 36 heavy (non-hydrogen) atoms. The van der Waals surface area contributed by atoms with Crippen LogP contribution in [0, 0.1) is 35.0 Å². The molecule has 3 nitrogen and oxygen atoms in total. The molecule has 0 N–H and O–H groups in total. The number of hydrogen-bond donors (Lipinski definition) is 0. The van der Waals surface area contributed by atoms with Gasteiger partial charge < -0.3 is 9.16 Å². The minimum atomic E-state index is -2.10. The van der Waals surface area contributed by atoms with Gasteiger partial charge in [-0.1, -0.05) is 99.1 Å². The lowest BCUT2D eigenvalue weighted by atomic mass is 9.48. The van der Waals surface area contributed by atoms with Crippen molar-refractivity contribution in [2.24, 2.45) is 35.0 Å². The van der Waals surface area contributed by atoms with Crippen molar-refractivity contribution < 1.29 is 14.0 Å². The zero-order valence-electron chi connectivity index (χ0n) is 25.1. The van der Waals surface area contributed by atoms with Crippen LogP contribution in [-0.4, -0.2) is 26.0 Å². The molecule has 0 saturated heterocycles. The van der Waals surface area contributed by atoms with E-state index in [0.29, 0.717) is 17.8 Å². The number of carbonyl (C=O) groups is 1. The van der Waals surface area contributed by atoms with Crippen molar-refractivity contribution in [3.05, 3.63) is 35.9 Å². The van der Waals surface area contributed by atoms with E-state index in [-0.39, 0.29) is 34.4 Å². The quantitative estimate of drug-likeness (QED) is 0.257. The summed E-state index contributed by atoms with van der Waals surface area (Å²) in [5.74, 6) is 1.52. The first-order valence-electron chi connectivity index (χ1n) is 14.5. The van der Waals surface area contributed by atoms with E-state index in [2.05, 4.69) is 106 Å². The Morgan fingerprint density at radius 2 is 1.69 bits per heavy atom. The number of esters is 1. The molecule has 1 unspecified atom stereocenters. The van der Waals surface area contributed by atoms with Gasteiger partial charge in [0, 0.05) is 0 Å². The second-order valence-electron chi connectivity index (χ2n) is 14.7. The molecule has 3 rings (SSSR count). The molecule has 2 aliphatic carbocycles. The van der Waals surface area contributed by atoms with Gasteiger partial charge in [-0.15, -0.1) is 0 Å². The lowest BCUT2D eigenvalue weighted by Gasteiger charge is -2.65. The highest BCUT2D eigenvalue weighted by molar-refractivity contribution is 6.74. The van der Waals surface area contributed by atoms with Gasteiger partial charge in [0.1, 0.15) is 6.10 Å². The minimum absolute atomic E-state index is 0.00130. The number of hydrogen-bond acceptors (Lipinski definition) is 3. The predicted molar refractivity (Wildman–Crippen MR) is 153 cm³/mol. The standard InChI is InChI=1S/C32H54O3Si/c1-22(2)32(35-36(10,11)30(5,6)7)27(21-31(32,8)9)29(33)34-28-19-23(3)17-18-26(28)24(4)20-25-15-13-12-14-16-25/h12-16,22-24,26-28H,17-21H2,1-11H3/t23-,24?,26+,27+,28-,32+/m1/s1. The van der Waals surface area contributed by atoms with Gasteiger partial charge in [0.2, 0.25) is 0 Å². The molecule has 4 heteroatoms. The Morgan fingerprint density at radius 1 is 1.08 bits per heavy atom. The van der Waals surface area contributed by atoms with Gasteiger partial charge in [0.25, 0.3) is 0 Å². The summed E-state index contributed by atoms with van der Waals surface area (Å²) in [5, 5.41) is 0.0891. The molecule has 0 aliphatic heterocycles. The highest BCUT2D eigenvalue weighted by Gasteiger charge is 2.68. The van der Waals surface area contributed by atoms with Crippen LogP contribution in [0.1, 0.15) is 93.6 Å². The molecule has 1 aromatic carbocycles. The van der Waals surface area contributed by atoms with Crippen molar-refractivity contribution in [3.8, 4) is 0 Å². The van der Waals surface area contributed by atoms with E-state index in [0.717, 1.165) is 25.7 Å². The Hall–Kier alpha value is -1.13. The van der Waals surface area contributed by atoms with Crippen LogP contribution >= 0.6 is 0 Å². The Labute approximate surface area is 223 Å². The summed E-state index contributed by atoms with van der Waals surface area (Å²) in [5.41, 5.74) is 0.842. The van der Waals surface area contributed by atoms with Crippen molar-refractivity contribution in [3.63, 3.8) is 0 Å². The highest BCUT2D eigenvalue weighted by Crippen LogP contribution is 2.62. The largest absolute Gasteiger partial charge is 0.462 e. The van der Waals surface area contributed by atoms with E-state index in [1.54, 1.807) is 0 Å². The first kappa shape index (κ1) is 29.4. The number of rotatable bonds is 8. The maximum absolute atomic E-state index is 14.0. The zero-order chi connectivity index (χ0) is 27.1. The normalized spacial score (nSPS) is 31.6. The summed E-state index contributed by atoms with van der Waals surface area (Å²) >= 11 is 0. The molecule has 6 atom stereocenters. The van der Waals surface area contributed by atoms with E-state index < -0.39 is 13.9 Å². The van der Waals surface area contributed by atoms with Crippen molar-refractivity contribution in [1.82, 2.24) is 0 Å². The summed E-state index contributed by atoms with van der Waals surface area (Å²) < 4.78 is 13.8. The fourth-order valence-electron chi connectivity index (χ4n) is 7.01. The van der Waals surface area contributed by atoms with Crippen molar-refractivity contribution in [2.75, 3.05) is 0 Å². The van der Waals surface area contributed by atoms with E-state index >= 15 is 0 Å². The van der Waals surface area contributed by atoms with Gasteiger partial charge in [0.05, 0.1) is 11.5 Å². The molecule has 0 radical (unpaired) electrons. The van der Waals surface area contributed by atoms with Crippen molar-refractivity contribution in [1.29, 1.82) is 0 Å². The Balaban J connectivity index is 1.82. The number of benzene rings is 1. The molecule has 2 aliphatic rings. The lowest BCUT2D eigenvalue weighted by Crippen LogP contribution is -2.72. The Bertz CT molecular complexity index is 884. The van der Waals surface area contributed by atoms with Gasteiger partial charge in [0.15, 0.2) is 8.32 Å². The molecular weight excluding hydrogens is 460 g/mol. The van der Waals surface area contributed by atoms with Gasteiger partial charge >= 0.3 is 5.97 Å². The zero-order valence-corrected chi connectivity index (χ0v) is 26.1. The molecular formula is C32H54O3Si. The lowest BCUT2D eigenvalue weighted by molar-refractivity contribution is -0.232. The van der Waals surface area contributed by atoms with Crippen LogP contribution in [0.15, 0.2) is 30.3 Å². The maximum Gasteiger partial charge on any atom is 0.312 e. The minimum Gasteiger partial charge on any atom is -0.462 e. The van der Waals surface area contributed by atoms with Gasteiger partial charge in [-0.3, -0.25) is 4.79 Å². The van der Waals surface area contributed by atoms with Crippen LogP contribution in [0.2, 0.25) is 18.1 Å². The van der Waals surface area contributed by atoms with Crippen LogP contribution in [-0.2, 0) is 20.4 Å². The molecule has 0 bridgehead atoms.